The average molecular weight is 330 g/mol. The highest BCUT2D eigenvalue weighted by molar-refractivity contribution is 9.10. The molecule has 1 aliphatic rings. The summed E-state index contributed by atoms with van der Waals surface area (Å²) in [5.74, 6) is -2.95. The van der Waals surface area contributed by atoms with E-state index in [2.05, 4.69) is 21.2 Å². The Morgan fingerprint density at radius 1 is 1.32 bits per heavy atom. The SMILES string of the molecule is O=C(O)[C@H]1CCC[C@H]1C(=O)Nc1ccc(Br)c(F)c1. The number of aliphatic carboxylic acids is 1. The van der Waals surface area contributed by atoms with Crippen molar-refractivity contribution in [3.05, 3.63) is 28.5 Å². The Bertz CT molecular complexity index is 521. The quantitative estimate of drug-likeness (QED) is 0.895. The third-order valence-corrected chi connectivity index (χ3v) is 4.00. The molecule has 1 aliphatic carbocycles. The van der Waals surface area contributed by atoms with E-state index >= 15 is 0 Å². The van der Waals surface area contributed by atoms with Crippen molar-refractivity contribution in [3.63, 3.8) is 0 Å². The zero-order valence-electron chi connectivity index (χ0n) is 10.0. The Hall–Kier alpha value is -1.43. The molecule has 2 atom stereocenters. The van der Waals surface area contributed by atoms with Crippen LogP contribution in [0.1, 0.15) is 19.3 Å². The molecular weight excluding hydrogens is 317 g/mol. The van der Waals surface area contributed by atoms with Gasteiger partial charge in [-0.2, -0.15) is 0 Å². The van der Waals surface area contributed by atoms with Gasteiger partial charge in [0.1, 0.15) is 5.82 Å². The number of rotatable bonds is 3. The van der Waals surface area contributed by atoms with E-state index in [0.29, 0.717) is 23.0 Å². The van der Waals surface area contributed by atoms with Gasteiger partial charge in [-0.15, -0.1) is 0 Å². The third-order valence-electron chi connectivity index (χ3n) is 3.36. The van der Waals surface area contributed by atoms with Crippen LogP contribution in [0.2, 0.25) is 0 Å². The van der Waals surface area contributed by atoms with Crippen LogP contribution in [0.3, 0.4) is 0 Å². The first-order valence-electron chi connectivity index (χ1n) is 5.98. The number of anilines is 1. The molecule has 1 saturated carbocycles. The van der Waals surface area contributed by atoms with E-state index in [1.807, 2.05) is 0 Å². The van der Waals surface area contributed by atoms with Crippen molar-refractivity contribution in [2.24, 2.45) is 11.8 Å². The lowest BCUT2D eigenvalue weighted by Gasteiger charge is -2.15. The lowest BCUT2D eigenvalue weighted by Crippen LogP contribution is -2.30. The molecule has 0 saturated heterocycles. The van der Waals surface area contributed by atoms with Gasteiger partial charge >= 0.3 is 5.97 Å². The van der Waals surface area contributed by atoms with Crippen LogP contribution in [0.5, 0.6) is 0 Å². The molecule has 0 spiro atoms. The van der Waals surface area contributed by atoms with Crippen molar-refractivity contribution >= 4 is 33.5 Å². The van der Waals surface area contributed by atoms with E-state index in [0.717, 1.165) is 6.42 Å². The maximum atomic E-state index is 13.3. The molecule has 6 heteroatoms. The van der Waals surface area contributed by atoms with E-state index in [4.69, 9.17) is 5.11 Å². The number of benzene rings is 1. The number of hydrogen-bond donors (Lipinski definition) is 2. The molecule has 1 aromatic rings. The molecule has 1 amide bonds. The predicted octanol–water partition coefficient (Wildman–Crippen LogP) is 3.03. The van der Waals surface area contributed by atoms with E-state index in [-0.39, 0.29) is 5.91 Å². The summed E-state index contributed by atoms with van der Waals surface area (Å²) in [7, 11) is 0. The summed E-state index contributed by atoms with van der Waals surface area (Å²) >= 11 is 3.03. The van der Waals surface area contributed by atoms with Gasteiger partial charge in [0.2, 0.25) is 5.91 Å². The minimum absolute atomic E-state index is 0.315. The largest absolute Gasteiger partial charge is 0.481 e. The van der Waals surface area contributed by atoms with Crippen LogP contribution < -0.4 is 5.32 Å². The third kappa shape index (κ3) is 3.12. The number of carboxylic acids is 1. The fraction of sp³-hybridized carbons (Fsp3) is 0.385. The van der Waals surface area contributed by atoms with Crippen LogP contribution in [0, 0.1) is 17.7 Å². The van der Waals surface area contributed by atoms with E-state index in [1.165, 1.54) is 12.1 Å². The number of nitrogens with one attached hydrogen (secondary N) is 1. The summed E-state index contributed by atoms with van der Waals surface area (Å²) in [4.78, 5) is 23.0. The summed E-state index contributed by atoms with van der Waals surface area (Å²) in [5, 5.41) is 11.6. The molecule has 0 radical (unpaired) electrons. The molecule has 0 aliphatic heterocycles. The summed E-state index contributed by atoms with van der Waals surface area (Å²) in [6, 6.07) is 4.26. The van der Waals surface area contributed by atoms with Crippen molar-refractivity contribution in [2.45, 2.75) is 19.3 Å². The predicted molar refractivity (Wildman–Crippen MR) is 71.2 cm³/mol. The molecule has 0 aromatic heterocycles. The standard InChI is InChI=1S/C13H13BrFNO3/c14-10-5-4-7(6-11(10)15)16-12(17)8-2-1-3-9(8)13(18)19/h4-6,8-9H,1-3H2,(H,16,17)(H,18,19)/t8-,9+/m1/s1. The van der Waals surface area contributed by atoms with E-state index in [9.17, 15) is 14.0 Å². The molecule has 4 nitrogen and oxygen atoms in total. The molecule has 2 N–H and O–H groups in total. The van der Waals surface area contributed by atoms with Crippen molar-refractivity contribution in [2.75, 3.05) is 5.32 Å². The highest BCUT2D eigenvalue weighted by Crippen LogP contribution is 2.33. The molecule has 1 aromatic carbocycles. The lowest BCUT2D eigenvalue weighted by atomic mass is 9.95. The van der Waals surface area contributed by atoms with Gasteiger partial charge in [-0.3, -0.25) is 9.59 Å². The molecule has 0 bridgehead atoms. The lowest BCUT2D eigenvalue weighted by molar-refractivity contribution is -0.145. The van der Waals surface area contributed by atoms with Crippen molar-refractivity contribution in [1.29, 1.82) is 0 Å². The van der Waals surface area contributed by atoms with E-state index in [1.54, 1.807) is 6.07 Å². The van der Waals surface area contributed by atoms with Gasteiger partial charge in [0.25, 0.3) is 0 Å². The molecule has 19 heavy (non-hydrogen) atoms. The first-order chi connectivity index (χ1) is 8.99. The molecule has 1 fully saturated rings. The number of amides is 1. The summed E-state index contributed by atoms with van der Waals surface area (Å²) < 4.78 is 13.6. The fourth-order valence-electron chi connectivity index (χ4n) is 2.38. The number of carbonyl (C=O) groups is 2. The van der Waals surface area contributed by atoms with Crippen LogP contribution in [-0.2, 0) is 9.59 Å². The van der Waals surface area contributed by atoms with Crippen LogP contribution in [0.15, 0.2) is 22.7 Å². The normalized spacial score (nSPS) is 22.2. The topological polar surface area (TPSA) is 66.4 Å². The average Bonchev–Trinajstić information content (AvgIpc) is 2.83. The summed E-state index contributed by atoms with van der Waals surface area (Å²) in [6.45, 7) is 0. The van der Waals surface area contributed by atoms with Gasteiger partial charge < -0.3 is 10.4 Å². The number of hydrogen-bond acceptors (Lipinski definition) is 2. The Morgan fingerprint density at radius 3 is 2.63 bits per heavy atom. The Morgan fingerprint density at radius 2 is 2.00 bits per heavy atom. The Kier molecular flexibility index (Phi) is 4.19. The minimum atomic E-state index is -0.945. The van der Waals surface area contributed by atoms with Gasteiger partial charge in [0, 0.05) is 5.69 Å². The minimum Gasteiger partial charge on any atom is -0.481 e. The van der Waals surface area contributed by atoms with E-state index < -0.39 is 23.6 Å². The van der Waals surface area contributed by atoms with Crippen LogP contribution in [0.25, 0.3) is 0 Å². The van der Waals surface area contributed by atoms with Gasteiger partial charge in [-0.25, -0.2) is 4.39 Å². The second kappa shape index (κ2) is 5.69. The maximum absolute atomic E-state index is 13.3. The van der Waals surface area contributed by atoms with Crippen molar-refractivity contribution in [1.82, 2.24) is 0 Å². The second-order valence-corrected chi connectivity index (χ2v) is 5.45. The number of carboxylic acid groups (broad SMARTS) is 1. The van der Waals surface area contributed by atoms with Gasteiger partial charge in [0.05, 0.1) is 16.3 Å². The smallest absolute Gasteiger partial charge is 0.307 e. The zero-order chi connectivity index (χ0) is 14.0. The number of halogens is 2. The fourth-order valence-corrected chi connectivity index (χ4v) is 2.62. The molecule has 0 unspecified atom stereocenters. The highest BCUT2D eigenvalue weighted by atomic mass is 79.9. The first kappa shape index (κ1) is 14.0. The number of carbonyl (C=O) groups excluding carboxylic acids is 1. The van der Waals surface area contributed by atoms with Gasteiger partial charge in [0.15, 0.2) is 0 Å². The van der Waals surface area contributed by atoms with Crippen LogP contribution in [0.4, 0.5) is 10.1 Å². The van der Waals surface area contributed by atoms with Gasteiger partial charge in [-0.1, -0.05) is 6.42 Å². The first-order valence-corrected chi connectivity index (χ1v) is 6.77. The van der Waals surface area contributed by atoms with Crippen molar-refractivity contribution in [3.8, 4) is 0 Å². The monoisotopic (exact) mass is 329 g/mol. The molecule has 0 heterocycles. The molecular formula is C13H13BrFNO3. The second-order valence-electron chi connectivity index (χ2n) is 4.60. The molecule has 102 valence electrons. The zero-order valence-corrected chi connectivity index (χ0v) is 11.6. The van der Waals surface area contributed by atoms with Crippen LogP contribution >= 0.6 is 15.9 Å². The van der Waals surface area contributed by atoms with Crippen molar-refractivity contribution < 1.29 is 19.1 Å². The Labute approximate surface area is 118 Å². The summed E-state index contributed by atoms with van der Waals surface area (Å²) in [6.07, 6.45) is 1.80. The van der Waals surface area contributed by atoms with Crippen LogP contribution in [-0.4, -0.2) is 17.0 Å². The van der Waals surface area contributed by atoms with Gasteiger partial charge in [-0.05, 0) is 47.0 Å². The maximum Gasteiger partial charge on any atom is 0.307 e. The highest BCUT2D eigenvalue weighted by Gasteiger charge is 2.37. The summed E-state index contributed by atoms with van der Waals surface area (Å²) in [5.41, 5.74) is 0.335. The Balaban J connectivity index is 2.08. The molecule has 2 rings (SSSR count).